The van der Waals surface area contributed by atoms with Crippen molar-refractivity contribution < 1.29 is 32.8 Å². The van der Waals surface area contributed by atoms with Crippen LogP contribution in [0.4, 0.5) is 20.2 Å². The molecule has 142 valence electrons. The number of carbonyl (C=O) groups excluding carboxylic acids is 2. The number of anilines is 1. The van der Waals surface area contributed by atoms with Crippen molar-refractivity contribution in [3.63, 3.8) is 0 Å². The number of halogens is 2. The van der Waals surface area contributed by atoms with E-state index >= 15 is 0 Å². The van der Waals surface area contributed by atoms with E-state index in [2.05, 4.69) is 0 Å². The van der Waals surface area contributed by atoms with Gasteiger partial charge in [-0.2, -0.15) is 0 Å². The van der Waals surface area contributed by atoms with Gasteiger partial charge in [0.2, 0.25) is 0 Å². The van der Waals surface area contributed by atoms with Gasteiger partial charge in [0.1, 0.15) is 23.1 Å². The molecule has 0 heterocycles. The van der Waals surface area contributed by atoms with E-state index in [1.54, 1.807) is 0 Å². The van der Waals surface area contributed by atoms with Gasteiger partial charge in [-0.05, 0) is 31.2 Å². The van der Waals surface area contributed by atoms with Gasteiger partial charge >= 0.3 is 5.97 Å². The Morgan fingerprint density at radius 1 is 1.15 bits per heavy atom. The predicted octanol–water partition coefficient (Wildman–Crippen LogP) is 2.82. The van der Waals surface area contributed by atoms with E-state index in [-0.39, 0.29) is 11.4 Å². The summed E-state index contributed by atoms with van der Waals surface area (Å²) >= 11 is 0. The average molecular weight is 380 g/mol. The van der Waals surface area contributed by atoms with Crippen molar-refractivity contribution in [2.45, 2.75) is 13.0 Å². The number of non-ortho nitro benzene ring substituents is 1. The number of benzene rings is 2. The molecule has 0 radical (unpaired) electrons. The molecule has 0 aliphatic heterocycles. The maximum Gasteiger partial charge on any atom is 0.344 e. The van der Waals surface area contributed by atoms with E-state index in [0.717, 1.165) is 18.2 Å². The smallest absolute Gasteiger partial charge is 0.344 e. The molecule has 0 unspecified atom stereocenters. The quantitative estimate of drug-likeness (QED) is 0.450. The number of nitro benzene ring substituents is 1. The summed E-state index contributed by atoms with van der Waals surface area (Å²) in [5, 5.41) is 12.5. The summed E-state index contributed by atoms with van der Waals surface area (Å²) in [6.45, 7) is 0.654. The van der Waals surface area contributed by atoms with Crippen LogP contribution in [0.3, 0.4) is 0 Å². The molecule has 0 aliphatic carbocycles. The number of carbonyl (C=O) groups is 2. The van der Waals surface area contributed by atoms with E-state index in [9.17, 15) is 28.5 Å². The molecule has 1 N–H and O–H groups in total. The van der Waals surface area contributed by atoms with Crippen molar-refractivity contribution >= 4 is 23.3 Å². The number of hydrogen-bond donors (Lipinski definition) is 1. The maximum absolute atomic E-state index is 13.5. The Balaban J connectivity index is 1.85. The lowest BCUT2D eigenvalue weighted by atomic mass is 10.2. The first-order chi connectivity index (χ1) is 12.8. The molecule has 10 heteroatoms. The highest BCUT2D eigenvalue weighted by Gasteiger charge is 2.21. The Morgan fingerprint density at radius 2 is 1.74 bits per heavy atom. The lowest BCUT2D eigenvalue weighted by molar-refractivity contribution is -0.384. The summed E-state index contributed by atoms with van der Waals surface area (Å²) in [5.74, 6) is -3.59. The fourth-order valence-electron chi connectivity index (χ4n) is 1.93. The van der Waals surface area contributed by atoms with Gasteiger partial charge in [-0.25, -0.2) is 13.6 Å². The Labute approximate surface area is 151 Å². The number of nitrogens with zero attached hydrogens (tertiary/aromatic N) is 1. The number of nitrogens with one attached hydrogen (secondary N) is 1. The van der Waals surface area contributed by atoms with Gasteiger partial charge in [0.05, 0.1) is 4.92 Å². The highest BCUT2D eigenvalue weighted by Crippen LogP contribution is 2.19. The molecule has 8 nitrogen and oxygen atoms in total. The molecule has 0 fully saturated rings. The lowest BCUT2D eigenvalue weighted by Gasteiger charge is -2.14. The standard InChI is InChI=1S/C17H14F2N2O6/c1-10(17(23)20-16-13(18)3-2-4-14(16)19)27-15(22)9-26-12-7-5-11(6-8-12)21(24)25/h2-8,10H,9H2,1H3,(H,20,23)/t10-/m1/s1. The number of nitro groups is 1. The molecule has 0 saturated heterocycles. The highest BCUT2D eigenvalue weighted by atomic mass is 19.1. The minimum absolute atomic E-state index is 0.143. The van der Waals surface area contributed by atoms with E-state index in [4.69, 9.17) is 9.47 Å². The molecule has 0 spiro atoms. The Kier molecular flexibility index (Phi) is 6.36. The Morgan fingerprint density at radius 3 is 2.30 bits per heavy atom. The lowest BCUT2D eigenvalue weighted by Crippen LogP contribution is -2.32. The molecule has 2 aromatic carbocycles. The number of amides is 1. The molecule has 0 aromatic heterocycles. The molecular formula is C17H14F2N2O6. The first-order valence-corrected chi connectivity index (χ1v) is 7.59. The second-order valence-electron chi connectivity index (χ2n) is 5.26. The van der Waals surface area contributed by atoms with Crippen LogP contribution in [0.25, 0.3) is 0 Å². The Bertz CT molecular complexity index is 837. The average Bonchev–Trinajstić information content (AvgIpc) is 2.63. The highest BCUT2D eigenvalue weighted by molar-refractivity contribution is 5.95. The van der Waals surface area contributed by atoms with Gasteiger partial charge in [-0.3, -0.25) is 14.9 Å². The third-order valence-corrected chi connectivity index (χ3v) is 3.29. The third-order valence-electron chi connectivity index (χ3n) is 3.29. The molecular weight excluding hydrogens is 366 g/mol. The monoisotopic (exact) mass is 380 g/mol. The molecule has 0 saturated carbocycles. The van der Waals surface area contributed by atoms with Crippen LogP contribution in [0.2, 0.25) is 0 Å². The summed E-state index contributed by atoms with van der Waals surface area (Å²) in [6, 6.07) is 8.05. The second kappa shape index (κ2) is 8.70. The molecule has 27 heavy (non-hydrogen) atoms. The van der Waals surface area contributed by atoms with Crippen LogP contribution >= 0.6 is 0 Å². The van der Waals surface area contributed by atoms with E-state index in [1.165, 1.54) is 31.2 Å². The Hall–Kier alpha value is -3.56. The molecule has 1 atom stereocenters. The van der Waals surface area contributed by atoms with E-state index in [0.29, 0.717) is 0 Å². The number of esters is 1. The SMILES string of the molecule is C[C@@H](OC(=O)COc1ccc([N+](=O)[O-])cc1)C(=O)Nc1c(F)cccc1F. The largest absolute Gasteiger partial charge is 0.482 e. The predicted molar refractivity (Wildman–Crippen MR) is 89.1 cm³/mol. The van der Waals surface area contributed by atoms with Gasteiger partial charge in [-0.1, -0.05) is 6.07 Å². The van der Waals surface area contributed by atoms with E-state index in [1.807, 2.05) is 5.32 Å². The van der Waals surface area contributed by atoms with Crippen LogP contribution in [0.5, 0.6) is 5.75 Å². The molecule has 0 aliphatic rings. The normalized spacial score (nSPS) is 11.4. The fourth-order valence-corrected chi connectivity index (χ4v) is 1.93. The number of rotatable bonds is 7. The minimum atomic E-state index is -1.34. The van der Waals surface area contributed by atoms with Crippen LogP contribution < -0.4 is 10.1 Å². The van der Waals surface area contributed by atoms with Crippen LogP contribution in [-0.2, 0) is 14.3 Å². The van der Waals surface area contributed by atoms with Crippen molar-refractivity contribution in [2.75, 3.05) is 11.9 Å². The summed E-state index contributed by atoms with van der Waals surface area (Å²) < 4.78 is 36.9. The fraction of sp³-hybridized carbons (Fsp3) is 0.176. The van der Waals surface area contributed by atoms with Gasteiger partial charge < -0.3 is 14.8 Å². The number of para-hydroxylation sites is 1. The summed E-state index contributed by atoms with van der Waals surface area (Å²) in [7, 11) is 0. The van der Waals surface area contributed by atoms with Crippen molar-refractivity contribution in [3.05, 3.63) is 64.2 Å². The number of hydrogen-bond acceptors (Lipinski definition) is 6. The second-order valence-corrected chi connectivity index (χ2v) is 5.26. The zero-order valence-electron chi connectivity index (χ0n) is 14.0. The van der Waals surface area contributed by atoms with Crippen LogP contribution in [0, 0.1) is 21.7 Å². The maximum atomic E-state index is 13.5. The summed E-state index contributed by atoms with van der Waals surface area (Å²) in [6.07, 6.45) is -1.34. The van der Waals surface area contributed by atoms with E-state index < -0.39 is 46.8 Å². The van der Waals surface area contributed by atoms with Crippen molar-refractivity contribution in [3.8, 4) is 5.75 Å². The van der Waals surface area contributed by atoms with Crippen LogP contribution in [0.1, 0.15) is 6.92 Å². The first-order valence-electron chi connectivity index (χ1n) is 7.59. The molecule has 2 rings (SSSR count). The molecule has 0 bridgehead atoms. The van der Waals surface area contributed by atoms with Crippen LogP contribution in [-0.4, -0.2) is 29.5 Å². The molecule has 2 aromatic rings. The van der Waals surface area contributed by atoms with Crippen molar-refractivity contribution in [1.29, 1.82) is 0 Å². The third kappa shape index (κ3) is 5.46. The first kappa shape index (κ1) is 19.8. The van der Waals surface area contributed by atoms with Crippen LogP contribution in [0.15, 0.2) is 42.5 Å². The van der Waals surface area contributed by atoms with Gasteiger partial charge in [0, 0.05) is 12.1 Å². The summed E-state index contributed by atoms with van der Waals surface area (Å²) in [5.41, 5.74) is -0.789. The zero-order chi connectivity index (χ0) is 20.0. The van der Waals surface area contributed by atoms with Gasteiger partial charge in [0.25, 0.3) is 11.6 Å². The summed E-state index contributed by atoms with van der Waals surface area (Å²) in [4.78, 5) is 33.6. The van der Waals surface area contributed by atoms with Crippen molar-refractivity contribution in [1.82, 2.24) is 0 Å². The zero-order valence-corrected chi connectivity index (χ0v) is 14.0. The van der Waals surface area contributed by atoms with Gasteiger partial charge in [0.15, 0.2) is 12.7 Å². The van der Waals surface area contributed by atoms with Gasteiger partial charge in [-0.15, -0.1) is 0 Å². The van der Waals surface area contributed by atoms with Crippen molar-refractivity contribution in [2.24, 2.45) is 0 Å². The topological polar surface area (TPSA) is 108 Å². The number of ether oxygens (including phenoxy) is 2. The molecule has 1 amide bonds. The minimum Gasteiger partial charge on any atom is -0.482 e.